The van der Waals surface area contributed by atoms with Gasteiger partial charge in [0.25, 0.3) is 5.91 Å². The molecule has 1 aromatic carbocycles. The Morgan fingerprint density at radius 1 is 1.24 bits per heavy atom. The van der Waals surface area contributed by atoms with Crippen molar-refractivity contribution >= 4 is 40.6 Å². The zero-order valence-electron chi connectivity index (χ0n) is 13.8. The van der Waals surface area contributed by atoms with Crippen LogP contribution in [0.2, 0.25) is 0 Å². The number of rotatable bonds is 9. The summed E-state index contributed by atoms with van der Waals surface area (Å²) < 4.78 is 12.8. The summed E-state index contributed by atoms with van der Waals surface area (Å²) in [6.07, 6.45) is 2.01. The van der Waals surface area contributed by atoms with Crippen LogP contribution in [0.3, 0.4) is 0 Å². The third kappa shape index (κ3) is 6.79. The summed E-state index contributed by atoms with van der Waals surface area (Å²) in [5.74, 6) is 0.102. The van der Waals surface area contributed by atoms with E-state index in [0.717, 1.165) is 12.8 Å². The van der Waals surface area contributed by atoms with E-state index in [1.807, 2.05) is 0 Å². The maximum atomic E-state index is 12.8. The lowest BCUT2D eigenvalue weighted by molar-refractivity contribution is -0.118. The van der Waals surface area contributed by atoms with E-state index < -0.39 is 5.91 Å². The number of benzene rings is 1. The lowest BCUT2D eigenvalue weighted by Gasteiger charge is -2.02. The molecule has 2 N–H and O–H groups in total. The Bertz CT molecular complexity index is 706. The molecule has 0 bridgehead atoms. The summed E-state index contributed by atoms with van der Waals surface area (Å²) in [5.41, 5.74) is 0.487. The zero-order valence-corrected chi connectivity index (χ0v) is 15.4. The van der Waals surface area contributed by atoms with Gasteiger partial charge in [-0.3, -0.25) is 9.59 Å². The maximum absolute atomic E-state index is 12.8. The van der Waals surface area contributed by atoms with Gasteiger partial charge >= 0.3 is 0 Å². The van der Waals surface area contributed by atoms with Crippen LogP contribution in [0.25, 0.3) is 0 Å². The van der Waals surface area contributed by atoms with Gasteiger partial charge in [0, 0.05) is 18.0 Å². The molecule has 6 nitrogen and oxygen atoms in total. The number of halogens is 1. The van der Waals surface area contributed by atoms with Crippen molar-refractivity contribution in [3.05, 3.63) is 40.1 Å². The molecule has 0 fully saturated rings. The Hall–Kier alpha value is -2.00. The van der Waals surface area contributed by atoms with Crippen LogP contribution < -0.4 is 10.6 Å². The molecule has 1 aromatic heterocycles. The largest absolute Gasteiger partial charge is 0.355 e. The predicted octanol–water partition coefficient (Wildman–Crippen LogP) is 3.08. The number of carbonyl (C=O) groups is 2. The lowest BCUT2D eigenvalue weighted by Crippen LogP contribution is -2.26. The summed E-state index contributed by atoms with van der Waals surface area (Å²) in [4.78, 5) is 23.7. The van der Waals surface area contributed by atoms with Crippen molar-refractivity contribution in [3.8, 4) is 0 Å². The predicted molar refractivity (Wildman–Crippen MR) is 98.3 cm³/mol. The highest BCUT2D eigenvalue weighted by Gasteiger charge is 2.13. The zero-order chi connectivity index (χ0) is 18.1. The van der Waals surface area contributed by atoms with Crippen molar-refractivity contribution in [1.82, 2.24) is 15.5 Å². The molecule has 0 atom stereocenters. The van der Waals surface area contributed by atoms with Gasteiger partial charge in [-0.05, 0) is 30.7 Å². The fourth-order valence-corrected chi connectivity index (χ4v) is 3.45. The van der Waals surface area contributed by atoms with Gasteiger partial charge in [-0.15, -0.1) is 22.0 Å². The van der Waals surface area contributed by atoms with Crippen LogP contribution >= 0.6 is 23.1 Å². The molecule has 134 valence electrons. The Morgan fingerprint density at radius 3 is 2.72 bits per heavy atom. The van der Waals surface area contributed by atoms with Crippen LogP contribution in [0.4, 0.5) is 10.1 Å². The first-order chi connectivity index (χ1) is 12.1. The van der Waals surface area contributed by atoms with Gasteiger partial charge in [-0.2, -0.15) is 0 Å². The smallest absolute Gasteiger partial charge is 0.286 e. The third-order valence-electron chi connectivity index (χ3n) is 3.07. The fraction of sp³-hybridized carbons (Fsp3) is 0.375. The Kier molecular flexibility index (Phi) is 7.80. The molecular formula is C16H19FN4O2S2. The first-order valence-electron chi connectivity index (χ1n) is 7.82. The van der Waals surface area contributed by atoms with Crippen LogP contribution in [0.15, 0.2) is 24.3 Å². The topological polar surface area (TPSA) is 84.0 Å². The highest BCUT2D eigenvalue weighted by Crippen LogP contribution is 2.18. The third-order valence-corrected chi connectivity index (χ3v) is 5.12. The Labute approximate surface area is 153 Å². The highest BCUT2D eigenvalue weighted by molar-refractivity contribution is 7.99. The molecule has 0 aliphatic carbocycles. The molecule has 0 unspecified atom stereocenters. The second-order valence-electron chi connectivity index (χ2n) is 5.16. The summed E-state index contributed by atoms with van der Waals surface area (Å²) in [6.45, 7) is 2.77. The Morgan fingerprint density at radius 2 is 2.00 bits per heavy atom. The fourth-order valence-electron chi connectivity index (χ4n) is 1.81. The molecule has 0 aliphatic rings. The Balaban J connectivity index is 1.76. The van der Waals surface area contributed by atoms with Gasteiger partial charge in [0.15, 0.2) is 0 Å². The molecule has 0 radical (unpaired) electrons. The number of aromatic nitrogens is 2. The summed E-state index contributed by atoms with van der Waals surface area (Å²) >= 11 is 2.60. The molecule has 2 aromatic rings. The standard InChI is InChI=1S/C16H19FN4O2S2/c1-2-3-8-18-13(22)9-24-10-14-20-21-16(25-14)15(23)19-12-6-4-11(17)5-7-12/h4-7H,2-3,8-10H2,1H3,(H,18,22)(H,19,23). The number of hydrogen-bond donors (Lipinski definition) is 2. The average Bonchev–Trinajstić information content (AvgIpc) is 3.06. The van der Waals surface area contributed by atoms with E-state index in [9.17, 15) is 14.0 Å². The monoisotopic (exact) mass is 382 g/mol. The number of unbranched alkanes of at least 4 members (excludes halogenated alkanes) is 1. The molecule has 0 aliphatic heterocycles. The van der Waals surface area contributed by atoms with E-state index in [0.29, 0.717) is 28.7 Å². The molecule has 9 heteroatoms. The first-order valence-corrected chi connectivity index (χ1v) is 9.79. The van der Waals surface area contributed by atoms with Crippen molar-refractivity contribution in [2.45, 2.75) is 25.5 Å². The van der Waals surface area contributed by atoms with Gasteiger partial charge in [0.1, 0.15) is 10.8 Å². The molecule has 0 saturated heterocycles. The van der Waals surface area contributed by atoms with Crippen molar-refractivity contribution < 1.29 is 14.0 Å². The highest BCUT2D eigenvalue weighted by atomic mass is 32.2. The minimum absolute atomic E-state index is 0.00255. The molecule has 2 rings (SSSR count). The number of anilines is 1. The van der Waals surface area contributed by atoms with Crippen molar-refractivity contribution in [2.75, 3.05) is 17.6 Å². The lowest BCUT2D eigenvalue weighted by atomic mass is 10.3. The van der Waals surface area contributed by atoms with Crippen molar-refractivity contribution in [1.29, 1.82) is 0 Å². The van der Waals surface area contributed by atoms with Gasteiger partial charge in [0.2, 0.25) is 10.9 Å². The van der Waals surface area contributed by atoms with Crippen molar-refractivity contribution in [2.24, 2.45) is 0 Å². The summed E-state index contributed by atoms with van der Waals surface area (Å²) in [6, 6.07) is 5.48. The van der Waals surface area contributed by atoms with Gasteiger partial charge in [0.05, 0.1) is 5.75 Å². The number of carbonyl (C=O) groups excluding carboxylic acids is 2. The average molecular weight is 382 g/mol. The van der Waals surface area contributed by atoms with E-state index in [4.69, 9.17) is 0 Å². The molecular weight excluding hydrogens is 363 g/mol. The van der Waals surface area contributed by atoms with Crippen LogP contribution in [0.1, 0.15) is 34.6 Å². The maximum Gasteiger partial charge on any atom is 0.286 e. The van der Waals surface area contributed by atoms with Crippen LogP contribution in [-0.2, 0) is 10.5 Å². The van der Waals surface area contributed by atoms with E-state index in [-0.39, 0.29) is 16.7 Å². The number of nitrogens with one attached hydrogen (secondary N) is 2. The van der Waals surface area contributed by atoms with E-state index >= 15 is 0 Å². The van der Waals surface area contributed by atoms with Gasteiger partial charge < -0.3 is 10.6 Å². The number of nitrogens with zero attached hydrogens (tertiary/aromatic N) is 2. The normalized spacial score (nSPS) is 10.5. The van der Waals surface area contributed by atoms with E-state index in [2.05, 4.69) is 27.8 Å². The quantitative estimate of drug-likeness (QED) is 0.651. The second kappa shape index (κ2) is 10.1. The van der Waals surface area contributed by atoms with Crippen LogP contribution in [-0.4, -0.2) is 34.3 Å². The minimum Gasteiger partial charge on any atom is -0.355 e. The summed E-state index contributed by atoms with van der Waals surface area (Å²) in [5, 5.41) is 14.2. The SMILES string of the molecule is CCCCNC(=O)CSCc1nnc(C(=O)Nc2ccc(F)cc2)s1. The van der Waals surface area contributed by atoms with E-state index in [1.54, 1.807) is 0 Å². The number of thioether (sulfide) groups is 1. The van der Waals surface area contributed by atoms with Crippen LogP contribution in [0.5, 0.6) is 0 Å². The number of amides is 2. The molecule has 1 heterocycles. The number of hydrogen-bond acceptors (Lipinski definition) is 6. The van der Waals surface area contributed by atoms with Gasteiger partial charge in [-0.25, -0.2) is 4.39 Å². The molecule has 0 spiro atoms. The van der Waals surface area contributed by atoms with E-state index in [1.165, 1.54) is 47.4 Å². The second-order valence-corrected chi connectivity index (χ2v) is 7.21. The first kappa shape index (κ1) is 19.3. The van der Waals surface area contributed by atoms with Crippen LogP contribution in [0, 0.1) is 5.82 Å². The molecule has 2 amide bonds. The van der Waals surface area contributed by atoms with Gasteiger partial charge in [-0.1, -0.05) is 24.7 Å². The molecule has 0 saturated carbocycles. The van der Waals surface area contributed by atoms with Crippen molar-refractivity contribution in [3.63, 3.8) is 0 Å². The molecule has 25 heavy (non-hydrogen) atoms. The minimum atomic E-state index is -0.391. The summed E-state index contributed by atoms with van der Waals surface area (Å²) in [7, 11) is 0.